The van der Waals surface area contributed by atoms with E-state index in [2.05, 4.69) is 23.8 Å². The van der Waals surface area contributed by atoms with Crippen LogP contribution in [0, 0.1) is 11.8 Å². The fourth-order valence-corrected chi connectivity index (χ4v) is 2.98. The molecule has 0 amide bonds. The maximum Gasteiger partial charge on any atom is 0.231 e. The number of methoxy groups -OCH3 is 1. The molecule has 2 aliphatic heterocycles. The van der Waals surface area contributed by atoms with Gasteiger partial charge in [0, 0.05) is 18.5 Å². The molecule has 0 radical (unpaired) electrons. The molecule has 23 heavy (non-hydrogen) atoms. The van der Waals surface area contributed by atoms with Gasteiger partial charge in [-0.25, -0.2) is 0 Å². The van der Waals surface area contributed by atoms with Gasteiger partial charge in [0.1, 0.15) is 6.04 Å². The van der Waals surface area contributed by atoms with E-state index in [1.165, 1.54) is 5.56 Å². The second kappa shape index (κ2) is 5.95. The third kappa shape index (κ3) is 3.10. The lowest BCUT2D eigenvalue weighted by molar-refractivity contribution is 0.0861. The summed E-state index contributed by atoms with van der Waals surface area (Å²) in [6.45, 7) is 4.66. The first kappa shape index (κ1) is 16.0. The van der Waals surface area contributed by atoms with Gasteiger partial charge in [-0.05, 0) is 38.9 Å². The number of rotatable bonds is 2. The van der Waals surface area contributed by atoms with Crippen molar-refractivity contribution in [3.63, 3.8) is 0 Å². The Morgan fingerprint density at radius 2 is 2.22 bits per heavy atom. The Balaban J connectivity index is 2.04. The molecule has 0 aliphatic carbocycles. The van der Waals surface area contributed by atoms with E-state index < -0.39 is 5.60 Å². The van der Waals surface area contributed by atoms with Crippen molar-refractivity contribution in [2.45, 2.75) is 38.3 Å². The quantitative estimate of drug-likeness (QED) is 0.847. The van der Waals surface area contributed by atoms with E-state index in [1.807, 2.05) is 6.07 Å². The van der Waals surface area contributed by atoms with Crippen molar-refractivity contribution in [3.05, 3.63) is 17.2 Å². The Morgan fingerprint density at radius 1 is 1.43 bits per heavy atom. The first-order valence-corrected chi connectivity index (χ1v) is 7.81. The van der Waals surface area contributed by atoms with Crippen LogP contribution in [-0.2, 0) is 6.42 Å². The van der Waals surface area contributed by atoms with Gasteiger partial charge < -0.3 is 19.3 Å². The summed E-state index contributed by atoms with van der Waals surface area (Å²) in [7, 11) is 3.70. The molecule has 3 rings (SSSR count). The van der Waals surface area contributed by atoms with Crippen LogP contribution in [0.1, 0.15) is 37.4 Å². The Hall–Kier alpha value is -1.90. The molecular formula is C18H23NO4. The minimum absolute atomic E-state index is 0.0782. The van der Waals surface area contributed by atoms with Gasteiger partial charge in [0.15, 0.2) is 11.5 Å². The van der Waals surface area contributed by atoms with Crippen molar-refractivity contribution in [2.24, 2.45) is 0 Å². The fraction of sp³-hybridized carbons (Fsp3) is 0.556. The lowest BCUT2D eigenvalue weighted by Gasteiger charge is -2.32. The molecule has 0 spiro atoms. The smallest absolute Gasteiger partial charge is 0.231 e. The summed E-state index contributed by atoms with van der Waals surface area (Å²) in [5, 5.41) is 9.86. The van der Waals surface area contributed by atoms with Crippen LogP contribution in [0.2, 0.25) is 0 Å². The van der Waals surface area contributed by atoms with E-state index in [9.17, 15) is 5.11 Å². The number of benzene rings is 1. The van der Waals surface area contributed by atoms with Crippen molar-refractivity contribution < 1.29 is 19.3 Å². The van der Waals surface area contributed by atoms with Gasteiger partial charge in [-0.1, -0.05) is 11.8 Å². The maximum absolute atomic E-state index is 9.86. The second-order valence-corrected chi connectivity index (χ2v) is 6.66. The van der Waals surface area contributed by atoms with Crippen molar-refractivity contribution in [1.82, 2.24) is 4.90 Å². The predicted octanol–water partition coefficient (Wildman–Crippen LogP) is 2.12. The largest absolute Gasteiger partial charge is 0.492 e. The highest BCUT2D eigenvalue weighted by molar-refractivity contribution is 5.62. The van der Waals surface area contributed by atoms with Crippen LogP contribution in [0.5, 0.6) is 17.2 Å². The summed E-state index contributed by atoms with van der Waals surface area (Å²) < 4.78 is 16.7. The van der Waals surface area contributed by atoms with Crippen LogP contribution >= 0.6 is 0 Å². The number of likely N-dealkylation sites (N-methyl/N-ethyl adjacent to an activating group) is 1. The number of hydrogen-bond acceptors (Lipinski definition) is 5. The fourth-order valence-electron chi connectivity index (χ4n) is 2.98. The molecule has 1 aromatic rings. The summed E-state index contributed by atoms with van der Waals surface area (Å²) in [5.74, 6) is 8.52. The van der Waals surface area contributed by atoms with E-state index in [4.69, 9.17) is 14.2 Å². The standard InChI is InChI=1S/C18H23NO4/c1-18(2,20)8-5-6-13-15-12(7-9-19(13)3)10-14-16(17(15)21-4)23-11-22-14/h10,13,20H,7-9,11H2,1-4H3/t13-/m1/s1. The van der Waals surface area contributed by atoms with Crippen LogP contribution in [0.15, 0.2) is 6.07 Å². The third-order valence-electron chi connectivity index (χ3n) is 4.16. The van der Waals surface area contributed by atoms with Gasteiger partial charge >= 0.3 is 0 Å². The van der Waals surface area contributed by atoms with Gasteiger partial charge in [0.2, 0.25) is 12.5 Å². The van der Waals surface area contributed by atoms with Crippen LogP contribution in [0.4, 0.5) is 0 Å². The summed E-state index contributed by atoms with van der Waals surface area (Å²) in [5.41, 5.74) is 1.45. The van der Waals surface area contributed by atoms with E-state index in [0.29, 0.717) is 17.9 Å². The SMILES string of the molecule is COc1c2c(cc3c1[C@@H](C#CCC(C)(C)O)N(C)CC3)OCO2. The molecule has 1 aromatic carbocycles. The van der Waals surface area contributed by atoms with Crippen LogP contribution < -0.4 is 14.2 Å². The molecule has 124 valence electrons. The normalized spacial score (nSPS) is 19.8. The Morgan fingerprint density at radius 3 is 2.91 bits per heavy atom. The molecular weight excluding hydrogens is 294 g/mol. The Kier molecular flexibility index (Phi) is 4.13. The highest BCUT2D eigenvalue weighted by Crippen LogP contribution is 2.49. The van der Waals surface area contributed by atoms with Gasteiger partial charge in [-0.3, -0.25) is 4.90 Å². The first-order valence-electron chi connectivity index (χ1n) is 7.81. The zero-order valence-corrected chi connectivity index (χ0v) is 14.1. The average Bonchev–Trinajstić information content (AvgIpc) is 2.94. The highest BCUT2D eigenvalue weighted by Gasteiger charge is 2.33. The van der Waals surface area contributed by atoms with Crippen LogP contribution in [0.3, 0.4) is 0 Å². The van der Waals surface area contributed by atoms with E-state index in [1.54, 1.807) is 21.0 Å². The van der Waals surface area contributed by atoms with Crippen LogP contribution in [0.25, 0.3) is 0 Å². The molecule has 5 nitrogen and oxygen atoms in total. The topological polar surface area (TPSA) is 51.2 Å². The number of ether oxygens (including phenoxy) is 3. The Labute approximate surface area is 137 Å². The molecule has 0 aromatic heterocycles. The van der Waals surface area contributed by atoms with Gasteiger partial charge in [-0.2, -0.15) is 0 Å². The number of hydrogen-bond donors (Lipinski definition) is 1. The maximum atomic E-state index is 9.86. The summed E-state index contributed by atoms with van der Waals surface area (Å²) in [6.07, 6.45) is 1.35. The average molecular weight is 317 g/mol. The summed E-state index contributed by atoms with van der Waals surface area (Å²) in [4.78, 5) is 2.20. The minimum atomic E-state index is -0.790. The van der Waals surface area contributed by atoms with Crippen LogP contribution in [-0.4, -0.2) is 43.1 Å². The summed E-state index contributed by atoms with van der Waals surface area (Å²) >= 11 is 0. The summed E-state index contributed by atoms with van der Waals surface area (Å²) in [6, 6.07) is 1.96. The lowest BCUT2D eigenvalue weighted by Crippen LogP contribution is -2.32. The number of nitrogens with zero attached hydrogens (tertiary/aromatic N) is 1. The monoisotopic (exact) mass is 317 g/mol. The highest BCUT2D eigenvalue weighted by atomic mass is 16.7. The van der Waals surface area contributed by atoms with Gasteiger partial charge in [-0.15, -0.1) is 0 Å². The molecule has 0 unspecified atom stereocenters. The second-order valence-electron chi connectivity index (χ2n) is 6.66. The van der Waals surface area contributed by atoms with Crippen molar-refractivity contribution in [3.8, 4) is 29.1 Å². The Bertz CT molecular complexity index is 666. The van der Waals surface area contributed by atoms with Gasteiger partial charge in [0.05, 0.1) is 12.7 Å². The van der Waals surface area contributed by atoms with Crippen molar-refractivity contribution in [2.75, 3.05) is 27.5 Å². The van der Waals surface area contributed by atoms with Gasteiger partial charge in [0.25, 0.3) is 0 Å². The third-order valence-corrected chi connectivity index (χ3v) is 4.16. The van der Waals surface area contributed by atoms with Crippen molar-refractivity contribution in [1.29, 1.82) is 0 Å². The lowest BCUT2D eigenvalue weighted by atomic mass is 9.91. The van der Waals surface area contributed by atoms with E-state index in [-0.39, 0.29) is 12.8 Å². The first-order chi connectivity index (χ1) is 10.9. The zero-order valence-electron chi connectivity index (χ0n) is 14.1. The molecule has 0 bridgehead atoms. The predicted molar refractivity (Wildman–Crippen MR) is 86.9 cm³/mol. The molecule has 0 saturated heterocycles. The number of fused-ring (bicyclic) bond motifs is 2. The van der Waals surface area contributed by atoms with E-state index in [0.717, 1.165) is 24.3 Å². The molecule has 5 heteroatoms. The van der Waals surface area contributed by atoms with Crippen molar-refractivity contribution >= 4 is 0 Å². The molecule has 2 heterocycles. The molecule has 2 aliphatic rings. The molecule has 1 atom stereocenters. The molecule has 0 saturated carbocycles. The number of aliphatic hydroxyl groups is 1. The molecule has 1 N–H and O–H groups in total. The van der Waals surface area contributed by atoms with E-state index >= 15 is 0 Å². The molecule has 0 fully saturated rings. The minimum Gasteiger partial charge on any atom is -0.492 e. The zero-order chi connectivity index (χ0) is 16.6.